The van der Waals surface area contributed by atoms with Crippen LogP contribution in [0.3, 0.4) is 0 Å². The van der Waals surface area contributed by atoms with Gasteiger partial charge in [-0.05, 0) is 51.4 Å². The molecule has 9 heteroatoms. The molecule has 2 unspecified atom stereocenters. The van der Waals surface area contributed by atoms with Gasteiger partial charge in [0.05, 0.1) is 40.3 Å². The van der Waals surface area contributed by atoms with E-state index in [9.17, 15) is 19.5 Å². The van der Waals surface area contributed by atoms with E-state index in [1.807, 2.05) is 21.1 Å². The van der Waals surface area contributed by atoms with Gasteiger partial charge in [-0.3, -0.25) is 9.59 Å². The maximum absolute atomic E-state index is 12.8. The van der Waals surface area contributed by atoms with Crippen molar-refractivity contribution in [3.8, 4) is 0 Å². The Hall–Kier alpha value is -2.49. The second-order valence-electron chi connectivity index (χ2n) is 17.8. The fourth-order valence-corrected chi connectivity index (χ4v) is 6.78. The third-order valence-electron chi connectivity index (χ3n) is 10.6. The van der Waals surface area contributed by atoms with Crippen LogP contribution in [0.15, 0.2) is 36.5 Å². The quantitative estimate of drug-likeness (QED) is 0.0196. The standard InChI is InChI=1S/C51H93NO8/c1-6-8-10-12-14-16-17-18-19-20-21-22-23-24-25-26-27-28-29-30-31-32-33-34-36-38-40-42-49(54)60-47(46-59-51(50(55)56)57-44-43-52(3,4)5)45-58-48(53)41-39-37-35-15-13-11-9-7-2/h17-18,20-21,23-24,47,51H,6-16,19,22,25-46H2,1-5H3/b18-17-,21-20-,24-23-. The zero-order chi connectivity index (χ0) is 44.2. The lowest BCUT2D eigenvalue weighted by atomic mass is 10.0. The van der Waals surface area contributed by atoms with Crippen LogP contribution in [0.5, 0.6) is 0 Å². The average Bonchev–Trinajstić information content (AvgIpc) is 3.21. The van der Waals surface area contributed by atoms with E-state index in [0.717, 1.165) is 51.4 Å². The van der Waals surface area contributed by atoms with Crippen molar-refractivity contribution in [2.75, 3.05) is 47.5 Å². The molecule has 2 atom stereocenters. The SMILES string of the molecule is CCCCCCC/C=C\C/C=C\C/C=C\CCCCCCCCCCCCCCC(=O)OC(COC(=O)CCCCCCCCCC)COC(OCC[N+](C)(C)C)C(=O)[O-]. The summed E-state index contributed by atoms with van der Waals surface area (Å²) in [6.07, 6.45) is 46.3. The highest BCUT2D eigenvalue weighted by molar-refractivity contribution is 5.70. The third-order valence-corrected chi connectivity index (χ3v) is 10.6. The number of carboxylic acid groups (broad SMARTS) is 1. The van der Waals surface area contributed by atoms with Crippen molar-refractivity contribution in [3.63, 3.8) is 0 Å². The first kappa shape index (κ1) is 57.5. The summed E-state index contributed by atoms with van der Waals surface area (Å²) in [7, 11) is 5.91. The molecule has 0 aliphatic heterocycles. The van der Waals surface area contributed by atoms with Crippen LogP contribution in [-0.4, -0.2) is 82.3 Å². The van der Waals surface area contributed by atoms with E-state index in [0.29, 0.717) is 23.9 Å². The smallest absolute Gasteiger partial charge is 0.306 e. The van der Waals surface area contributed by atoms with Crippen molar-refractivity contribution in [2.45, 2.75) is 225 Å². The molecule has 350 valence electrons. The van der Waals surface area contributed by atoms with Gasteiger partial charge in [0, 0.05) is 12.8 Å². The molecule has 0 radical (unpaired) electrons. The number of quaternary nitrogens is 1. The number of hydrogen-bond acceptors (Lipinski definition) is 8. The van der Waals surface area contributed by atoms with Gasteiger partial charge in [-0.25, -0.2) is 0 Å². The number of likely N-dealkylation sites (N-methyl/N-ethyl adjacent to an activating group) is 1. The highest BCUT2D eigenvalue weighted by Gasteiger charge is 2.21. The Bertz CT molecular complexity index is 1080. The number of unbranched alkanes of at least 4 members (excludes halogenated alkanes) is 24. The Morgan fingerprint density at radius 3 is 1.33 bits per heavy atom. The molecular weight excluding hydrogens is 755 g/mol. The second-order valence-corrected chi connectivity index (χ2v) is 17.8. The van der Waals surface area contributed by atoms with Gasteiger partial charge in [-0.15, -0.1) is 0 Å². The highest BCUT2D eigenvalue weighted by atomic mass is 16.7. The number of carboxylic acids is 1. The Kier molecular flexibility index (Phi) is 41.4. The molecule has 0 aromatic rings. The van der Waals surface area contributed by atoms with Crippen molar-refractivity contribution in [2.24, 2.45) is 0 Å². The number of esters is 2. The zero-order valence-corrected chi connectivity index (χ0v) is 39.6. The lowest BCUT2D eigenvalue weighted by molar-refractivity contribution is -0.870. The van der Waals surface area contributed by atoms with Crippen molar-refractivity contribution in [3.05, 3.63) is 36.5 Å². The van der Waals surface area contributed by atoms with E-state index < -0.39 is 24.3 Å². The van der Waals surface area contributed by atoms with Crippen LogP contribution in [0.25, 0.3) is 0 Å². The third kappa shape index (κ3) is 43.6. The van der Waals surface area contributed by atoms with Crippen molar-refractivity contribution in [1.29, 1.82) is 0 Å². The molecule has 0 heterocycles. The van der Waals surface area contributed by atoms with Gasteiger partial charge in [0.15, 0.2) is 12.4 Å². The molecule has 60 heavy (non-hydrogen) atoms. The Balaban J connectivity index is 4.16. The normalized spacial score (nSPS) is 13.2. The maximum Gasteiger partial charge on any atom is 0.306 e. The molecule has 0 amide bonds. The van der Waals surface area contributed by atoms with Crippen LogP contribution < -0.4 is 5.11 Å². The van der Waals surface area contributed by atoms with Crippen LogP contribution in [-0.2, 0) is 33.3 Å². The molecule has 0 spiro atoms. The van der Waals surface area contributed by atoms with Crippen LogP contribution in [0.1, 0.15) is 213 Å². The topological polar surface area (TPSA) is 111 Å². The van der Waals surface area contributed by atoms with E-state index in [4.69, 9.17) is 18.9 Å². The fraction of sp³-hybridized carbons (Fsp3) is 0.824. The maximum atomic E-state index is 12.8. The number of allylic oxidation sites excluding steroid dienone is 6. The molecule has 0 aromatic carbocycles. The summed E-state index contributed by atoms with van der Waals surface area (Å²) < 4.78 is 22.5. The number of carbonyl (C=O) groups is 3. The zero-order valence-electron chi connectivity index (χ0n) is 39.6. The minimum absolute atomic E-state index is 0.148. The monoisotopic (exact) mass is 848 g/mol. The summed E-state index contributed by atoms with van der Waals surface area (Å²) in [4.78, 5) is 36.9. The predicted molar refractivity (Wildman–Crippen MR) is 246 cm³/mol. The van der Waals surface area contributed by atoms with Crippen molar-refractivity contribution in [1.82, 2.24) is 0 Å². The van der Waals surface area contributed by atoms with E-state index in [1.165, 1.54) is 128 Å². The van der Waals surface area contributed by atoms with E-state index in [-0.39, 0.29) is 32.2 Å². The molecular formula is C51H93NO8. The minimum Gasteiger partial charge on any atom is -0.545 e. The van der Waals surface area contributed by atoms with Crippen LogP contribution >= 0.6 is 0 Å². The minimum atomic E-state index is -1.62. The van der Waals surface area contributed by atoms with E-state index >= 15 is 0 Å². The summed E-state index contributed by atoms with van der Waals surface area (Å²) in [6, 6.07) is 0. The van der Waals surface area contributed by atoms with Crippen LogP contribution in [0.2, 0.25) is 0 Å². The van der Waals surface area contributed by atoms with Crippen LogP contribution in [0.4, 0.5) is 0 Å². The molecule has 0 aliphatic rings. The second kappa shape index (κ2) is 43.2. The number of ether oxygens (including phenoxy) is 4. The summed E-state index contributed by atoms with van der Waals surface area (Å²) in [6.45, 7) is 4.70. The van der Waals surface area contributed by atoms with E-state index in [2.05, 4.69) is 50.3 Å². The van der Waals surface area contributed by atoms with Gasteiger partial charge in [0.25, 0.3) is 0 Å². The van der Waals surface area contributed by atoms with Gasteiger partial charge in [0.2, 0.25) is 0 Å². The number of carbonyl (C=O) groups excluding carboxylic acids is 3. The molecule has 0 saturated carbocycles. The molecule has 9 nitrogen and oxygen atoms in total. The summed E-state index contributed by atoms with van der Waals surface area (Å²) in [5.41, 5.74) is 0. The number of nitrogens with zero attached hydrogens (tertiary/aromatic N) is 1. The average molecular weight is 848 g/mol. The first-order chi connectivity index (χ1) is 29.1. The lowest BCUT2D eigenvalue weighted by Gasteiger charge is -2.26. The largest absolute Gasteiger partial charge is 0.545 e. The Morgan fingerprint density at radius 1 is 0.500 bits per heavy atom. The van der Waals surface area contributed by atoms with Crippen molar-refractivity contribution >= 4 is 17.9 Å². The molecule has 0 bridgehead atoms. The number of rotatable bonds is 45. The van der Waals surface area contributed by atoms with Gasteiger partial charge >= 0.3 is 11.9 Å². The summed E-state index contributed by atoms with van der Waals surface area (Å²) in [5, 5.41) is 11.7. The molecule has 0 aliphatic carbocycles. The first-order valence-corrected chi connectivity index (χ1v) is 24.6. The summed E-state index contributed by atoms with van der Waals surface area (Å²) >= 11 is 0. The van der Waals surface area contributed by atoms with Crippen LogP contribution in [0, 0.1) is 0 Å². The fourth-order valence-electron chi connectivity index (χ4n) is 6.78. The summed E-state index contributed by atoms with van der Waals surface area (Å²) in [5.74, 6) is -2.29. The van der Waals surface area contributed by atoms with E-state index in [1.54, 1.807) is 0 Å². The molecule has 0 aromatic heterocycles. The number of aliphatic carboxylic acids is 1. The first-order valence-electron chi connectivity index (χ1n) is 24.6. The van der Waals surface area contributed by atoms with Crippen molar-refractivity contribution < 1.29 is 42.9 Å². The molecule has 0 saturated heterocycles. The Morgan fingerprint density at radius 2 is 0.900 bits per heavy atom. The van der Waals surface area contributed by atoms with Gasteiger partial charge in [0.1, 0.15) is 13.2 Å². The van der Waals surface area contributed by atoms with Gasteiger partial charge < -0.3 is 33.3 Å². The van der Waals surface area contributed by atoms with Gasteiger partial charge in [-0.1, -0.05) is 185 Å². The lowest BCUT2D eigenvalue weighted by Crippen LogP contribution is -2.44. The molecule has 0 rings (SSSR count). The molecule has 0 fully saturated rings. The highest BCUT2D eigenvalue weighted by Crippen LogP contribution is 2.15. The predicted octanol–water partition coefficient (Wildman–Crippen LogP) is 12.1. The Labute approximate surface area is 369 Å². The molecule has 0 N–H and O–H groups in total. The van der Waals surface area contributed by atoms with Gasteiger partial charge in [-0.2, -0.15) is 0 Å². The number of hydrogen-bond donors (Lipinski definition) is 0.